The molecule has 0 aliphatic carbocycles. The van der Waals surface area contributed by atoms with Crippen LogP contribution in [0.4, 0.5) is 0 Å². The molecule has 0 saturated carbocycles. The molecule has 1 N–H and O–H groups in total. The van der Waals surface area contributed by atoms with Crippen molar-refractivity contribution >= 4 is 11.9 Å². The minimum absolute atomic E-state index is 0.0982. The van der Waals surface area contributed by atoms with Crippen LogP contribution in [-0.2, 0) is 28.5 Å². The molecule has 2 aromatic carbocycles. The Morgan fingerprint density at radius 1 is 0.968 bits per heavy atom. The minimum atomic E-state index is -1.46. The number of allylic oxidation sites excluding steroid dienone is 1. The van der Waals surface area contributed by atoms with Crippen LogP contribution in [0.25, 0.3) is 0 Å². The Balaban J connectivity index is 1.73. The first-order valence-corrected chi connectivity index (χ1v) is 10.1. The molecule has 0 aromatic heterocycles. The summed E-state index contributed by atoms with van der Waals surface area (Å²) < 4.78 is 23.8. The Morgan fingerprint density at radius 3 is 1.94 bits per heavy atom. The van der Waals surface area contributed by atoms with Gasteiger partial charge in [-0.25, -0.2) is 4.79 Å². The SMILES string of the molecule is COC(=O)C1=C(C)OC2(C[C@H]1NC(C)=O)O[C@@H](c1ccccc1)[C@H](c1ccccc1)O2. The fourth-order valence-corrected chi connectivity index (χ4v) is 4.15. The largest absolute Gasteiger partial charge is 0.466 e. The Hall–Kier alpha value is -3.16. The van der Waals surface area contributed by atoms with Crippen molar-refractivity contribution in [2.45, 2.75) is 44.5 Å². The fourth-order valence-electron chi connectivity index (χ4n) is 4.15. The van der Waals surface area contributed by atoms with E-state index in [1.807, 2.05) is 60.7 Å². The van der Waals surface area contributed by atoms with E-state index in [2.05, 4.69) is 5.32 Å². The summed E-state index contributed by atoms with van der Waals surface area (Å²) in [6.45, 7) is 3.03. The van der Waals surface area contributed by atoms with Gasteiger partial charge in [0.15, 0.2) is 0 Å². The molecule has 1 amide bonds. The molecule has 1 saturated heterocycles. The van der Waals surface area contributed by atoms with Gasteiger partial charge in [0.2, 0.25) is 5.91 Å². The van der Waals surface area contributed by atoms with Gasteiger partial charge in [-0.15, -0.1) is 0 Å². The summed E-state index contributed by atoms with van der Waals surface area (Å²) in [5.74, 6) is -2.02. The van der Waals surface area contributed by atoms with E-state index < -0.39 is 30.2 Å². The van der Waals surface area contributed by atoms with Gasteiger partial charge >= 0.3 is 11.9 Å². The highest BCUT2D eigenvalue weighted by molar-refractivity contribution is 5.91. The summed E-state index contributed by atoms with van der Waals surface area (Å²) in [4.78, 5) is 24.2. The van der Waals surface area contributed by atoms with Crippen LogP contribution in [0, 0.1) is 0 Å². The zero-order valence-electron chi connectivity index (χ0n) is 17.7. The summed E-state index contributed by atoms with van der Waals surface area (Å²) in [5, 5.41) is 2.80. The van der Waals surface area contributed by atoms with Gasteiger partial charge in [-0.1, -0.05) is 60.7 Å². The maximum atomic E-state index is 12.4. The van der Waals surface area contributed by atoms with E-state index >= 15 is 0 Å². The van der Waals surface area contributed by atoms with E-state index in [0.717, 1.165) is 11.1 Å². The van der Waals surface area contributed by atoms with Crippen LogP contribution < -0.4 is 5.32 Å². The second-order valence-electron chi connectivity index (χ2n) is 7.60. The third-order valence-electron chi connectivity index (χ3n) is 5.42. The first-order chi connectivity index (χ1) is 14.9. The summed E-state index contributed by atoms with van der Waals surface area (Å²) in [5.41, 5.74) is 2.12. The predicted octanol–water partition coefficient (Wildman–Crippen LogP) is 3.54. The van der Waals surface area contributed by atoms with Gasteiger partial charge < -0.3 is 24.3 Å². The lowest BCUT2D eigenvalue weighted by molar-refractivity contribution is -0.336. The summed E-state index contributed by atoms with van der Waals surface area (Å²) in [6.07, 6.45) is -0.774. The average molecular weight is 423 g/mol. The van der Waals surface area contributed by atoms with Gasteiger partial charge in [-0.05, 0) is 18.1 Å². The lowest BCUT2D eigenvalue weighted by atomic mass is 9.98. The summed E-state index contributed by atoms with van der Waals surface area (Å²) in [7, 11) is 1.29. The van der Waals surface area contributed by atoms with E-state index in [1.54, 1.807) is 6.92 Å². The Kier molecular flexibility index (Phi) is 5.80. The maximum absolute atomic E-state index is 12.4. The molecular formula is C24H25NO6. The van der Waals surface area contributed by atoms with Gasteiger partial charge in [0, 0.05) is 6.92 Å². The molecule has 1 fully saturated rings. The van der Waals surface area contributed by atoms with Crippen molar-refractivity contribution in [3.05, 3.63) is 83.1 Å². The monoisotopic (exact) mass is 423 g/mol. The number of rotatable bonds is 4. The number of carbonyl (C=O) groups is 2. The second kappa shape index (κ2) is 8.53. The average Bonchev–Trinajstić information content (AvgIpc) is 3.12. The lowest BCUT2D eigenvalue weighted by Gasteiger charge is -2.37. The van der Waals surface area contributed by atoms with Crippen molar-refractivity contribution in [2.75, 3.05) is 7.11 Å². The van der Waals surface area contributed by atoms with E-state index in [1.165, 1.54) is 14.0 Å². The molecule has 2 aliphatic heterocycles. The van der Waals surface area contributed by atoms with Crippen LogP contribution in [0.15, 0.2) is 72.0 Å². The fraction of sp³-hybridized carbons (Fsp3) is 0.333. The van der Waals surface area contributed by atoms with Crippen LogP contribution in [0.3, 0.4) is 0 Å². The number of esters is 1. The van der Waals surface area contributed by atoms with Gasteiger partial charge in [0.1, 0.15) is 18.0 Å². The number of benzene rings is 2. The number of nitrogens with one attached hydrogen (secondary N) is 1. The molecule has 0 bridgehead atoms. The molecule has 4 rings (SSSR count). The highest BCUT2D eigenvalue weighted by atomic mass is 16.9. The molecule has 31 heavy (non-hydrogen) atoms. The van der Waals surface area contributed by atoms with E-state index in [9.17, 15) is 9.59 Å². The number of hydrogen-bond acceptors (Lipinski definition) is 6. The van der Waals surface area contributed by atoms with Crippen molar-refractivity contribution in [3.63, 3.8) is 0 Å². The van der Waals surface area contributed by atoms with Gasteiger partial charge in [0.25, 0.3) is 0 Å². The molecule has 0 radical (unpaired) electrons. The molecule has 7 heteroatoms. The normalized spacial score (nSPS) is 24.5. The molecule has 1 spiro atoms. The Bertz CT molecular complexity index is 940. The zero-order valence-corrected chi connectivity index (χ0v) is 17.7. The van der Waals surface area contributed by atoms with Gasteiger partial charge in [-0.3, -0.25) is 4.79 Å². The van der Waals surface area contributed by atoms with E-state index in [0.29, 0.717) is 0 Å². The minimum Gasteiger partial charge on any atom is -0.466 e. The Morgan fingerprint density at radius 2 is 1.48 bits per heavy atom. The summed E-state index contributed by atoms with van der Waals surface area (Å²) in [6, 6.07) is 18.8. The first kappa shape index (κ1) is 21.1. The number of methoxy groups -OCH3 is 1. The van der Waals surface area contributed by atoms with Crippen LogP contribution in [-0.4, -0.2) is 31.0 Å². The topological polar surface area (TPSA) is 83.1 Å². The van der Waals surface area contributed by atoms with Crippen molar-refractivity contribution < 1.29 is 28.5 Å². The quantitative estimate of drug-likeness (QED) is 0.758. The van der Waals surface area contributed by atoms with Crippen LogP contribution >= 0.6 is 0 Å². The maximum Gasteiger partial charge on any atom is 0.339 e. The molecule has 2 heterocycles. The van der Waals surface area contributed by atoms with E-state index in [4.69, 9.17) is 18.9 Å². The van der Waals surface area contributed by atoms with Crippen molar-refractivity contribution in [2.24, 2.45) is 0 Å². The number of amides is 1. The van der Waals surface area contributed by atoms with Crippen LogP contribution in [0.1, 0.15) is 43.6 Å². The number of carbonyl (C=O) groups excluding carboxylic acids is 2. The van der Waals surface area contributed by atoms with Crippen molar-refractivity contribution in [1.82, 2.24) is 5.32 Å². The van der Waals surface area contributed by atoms with E-state index in [-0.39, 0.29) is 23.7 Å². The molecule has 7 nitrogen and oxygen atoms in total. The third kappa shape index (κ3) is 4.19. The molecule has 162 valence electrons. The third-order valence-corrected chi connectivity index (χ3v) is 5.42. The lowest BCUT2D eigenvalue weighted by Crippen LogP contribution is -2.50. The first-order valence-electron chi connectivity index (χ1n) is 10.1. The number of ether oxygens (including phenoxy) is 4. The standard InChI is InChI=1S/C24H25NO6/c1-15-20(23(27)28-3)19(25-16(2)26)14-24(29-15)30-21(17-10-6-4-7-11-17)22(31-24)18-12-8-5-9-13-18/h4-13,19,21-22H,14H2,1-3H3,(H,25,26)/t19-,21+,22+/m1/s1. The highest BCUT2D eigenvalue weighted by Gasteiger charge is 2.55. The zero-order chi connectivity index (χ0) is 22.0. The molecular weight excluding hydrogens is 398 g/mol. The molecule has 2 aliphatic rings. The summed E-state index contributed by atoms with van der Waals surface area (Å²) >= 11 is 0. The van der Waals surface area contributed by atoms with Crippen LogP contribution in [0.2, 0.25) is 0 Å². The highest BCUT2D eigenvalue weighted by Crippen LogP contribution is 2.51. The molecule has 3 atom stereocenters. The second-order valence-corrected chi connectivity index (χ2v) is 7.60. The smallest absolute Gasteiger partial charge is 0.339 e. The van der Waals surface area contributed by atoms with Crippen molar-refractivity contribution in [3.8, 4) is 0 Å². The number of hydrogen-bond donors (Lipinski definition) is 1. The Labute approximate surface area is 180 Å². The van der Waals surface area contributed by atoms with Gasteiger partial charge in [-0.2, -0.15) is 0 Å². The van der Waals surface area contributed by atoms with Crippen molar-refractivity contribution in [1.29, 1.82) is 0 Å². The van der Waals surface area contributed by atoms with Gasteiger partial charge in [0.05, 0.1) is 25.1 Å². The predicted molar refractivity (Wildman–Crippen MR) is 111 cm³/mol. The van der Waals surface area contributed by atoms with Crippen LogP contribution in [0.5, 0.6) is 0 Å². The molecule has 0 unspecified atom stereocenters. The molecule has 2 aromatic rings.